The average Bonchev–Trinajstić information content (AvgIpc) is 2.73. The maximum Gasteiger partial charge on any atom is 0.277 e. The second kappa shape index (κ2) is 10.9. The summed E-state index contributed by atoms with van der Waals surface area (Å²) in [5, 5.41) is 3.97. The molecule has 7 heteroatoms. The fourth-order valence-corrected chi connectivity index (χ4v) is 4.16. The molecule has 0 spiro atoms. The Labute approximate surface area is 192 Å². The Morgan fingerprint density at radius 2 is 1.77 bits per heavy atom. The molecule has 3 aromatic rings. The Morgan fingerprint density at radius 1 is 1.03 bits per heavy atom. The molecule has 0 aliphatic carbocycles. The number of nitrogens with one attached hydrogen (secondary N) is 1. The summed E-state index contributed by atoms with van der Waals surface area (Å²) in [7, 11) is 0. The van der Waals surface area contributed by atoms with E-state index in [2.05, 4.69) is 42.4 Å². The van der Waals surface area contributed by atoms with Gasteiger partial charge >= 0.3 is 0 Å². The molecule has 0 saturated carbocycles. The van der Waals surface area contributed by atoms with Crippen LogP contribution in [0.1, 0.15) is 16.7 Å². The van der Waals surface area contributed by atoms with Gasteiger partial charge in [-0.15, -0.1) is 0 Å². The Hall–Kier alpha value is -2.64. The van der Waals surface area contributed by atoms with Crippen LogP contribution in [-0.4, -0.2) is 18.7 Å². The van der Waals surface area contributed by atoms with E-state index in [1.165, 1.54) is 0 Å². The molecule has 30 heavy (non-hydrogen) atoms. The molecule has 0 radical (unpaired) electrons. The third-order valence-electron chi connectivity index (χ3n) is 4.07. The third-order valence-corrected chi connectivity index (χ3v) is 5.12. The minimum atomic E-state index is -0.344. The lowest BCUT2D eigenvalue weighted by Gasteiger charge is -2.10. The van der Waals surface area contributed by atoms with Crippen molar-refractivity contribution in [3.63, 3.8) is 0 Å². The van der Waals surface area contributed by atoms with Crippen LogP contribution in [0.3, 0.4) is 0 Å². The minimum absolute atomic E-state index is 0.134. The second-order valence-electron chi connectivity index (χ2n) is 6.46. The van der Waals surface area contributed by atoms with E-state index in [4.69, 9.17) is 9.47 Å². The van der Waals surface area contributed by atoms with E-state index in [0.717, 1.165) is 31.4 Å². The highest BCUT2D eigenvalue weighted by Crippen LogP contribution is 2.32. The molecular formula is C23H20Br2N2O3. The predicted molar refractivity (Wildman–Crippen MR) is 125 cm³/mol. The van der Waals surface area contributed by atoms with Crippen molar-refractivity contribution in [3.8, 4) is 11.5 Å². The second-order valence-corrected chi connectivity index (χ2v) is 8.23. The summed E-state index contributed by atoms with van der Waals surface area (Å²) >= 11 is 6.85. The van der Waals surface area contributed by atoms with Crippen LogP contribution in [0, 0.1) is 6.92 Å². The topological polar surface area (TPSA) is 59.9 Å². The molecule has 154 valence electrons. The number of carbonyl (C=O) groups is 1. The van der Waals surface area contributed by atoms with Crippen LogP contribution in [-0.2, 0) is 11.4 Å². The van der Waals surface area contributed by atoms with E-state index in [0.29, 0.717) is 12.4 Å². The van der Waals surface area contributed by atoms with Crippen LogP contribution in [0.2, 0.25) is 0 Å². The molecule has 0 aliphatic rings. The number of aryl methyl sites for hydroxylation is 1. The summed E-state index contributed by atoms with van der Waals surface area (Å²) in [4.78, 5) is 12.0. The van der Waals surface area contributed by atoms with E-state index >= 15 is 0 Å². The van der Waals surface area contributed by atoms with Crippen molar-refractivity contribution in [1.29, 1.82) is 0 Å². The van der Waals surface area contributed by atoms with Gasteiger partial charge in [0.15, 0.2) is 6.61 Å². The van der Waals surface area contributed by atoms with Gasteiger partial charge in [0.25, 0.3) is 5.91 Å². The number of carbonyl (C=O) groups excluding carboxylic acids is 1. The summed E-state index contributed by atoms with van der Waals surface area (Å²) in [6.45, 7) is 2.29. The van der Waals surface area contributed by atoms with Crippen LogP contribution < -0.4 is 14.9 Å². The Morgan fingerprint density at radius 3 is 2.47 bits per heavy atom. The smallest absolute Gasteiger partial charge is 0.277 e. The zero-order chi connectivity index (χ0) is 21.3. The molecule has 0 fully saturated rings. The number of hydrazone groups is 1. The maximum absolute atomic E-state index is 12.0. The predicted octanol–water partition coefficient (Wildman–Crippen LogP) is 5.63. The first kappa shape index (κ1) is 22.1. The molecule has 0 unspecified atom stereocenters. The van der Waals surface area contributed by atoms with Gasteiger partial charge in [0, 0.05) is 4.47 Å². The first-order chi connectivity index (χ1) is 14.5. The molecule has 0 saturated heterocycles. The summed E-state index contributed by atoms with van der Waals surface area (Å²) in [5.74, 6) is 1.05. The lowest BCUT2D eigenvalue weighted by molar-refractivity contribution is -0.123. The van der Waals surface area contributed by atoms with E-state index in [1.807, 2.05) is 73.7 Å². The standard InChI is InChI=1S/C23H20Br2N2O3/c1-16-11-19(24)12-21(25)23(16)30-15-22(28)27-26-13-17-7-9-20(10-8-17)29-14-18-5-3-2-4-6-18/h2-13H,14-15H2,1H3,(H,27,28). The van der Waals surface area contributed by atoms with E-state index in [1.54, 1.807) is 6.21 Å². The van der Waals surface area contributed by atoms with E-state index in [-0.39, 0.29) is 12.5 Å². The van der Waals surface area contributed by atoms with Gasteiger partial charge in [0.2, 0.25) is 0 Å². The van der Waals surface area contributed by atoms with E-state index < -0.39 is 0 Å². The van der Waals surface area contributed by atoms with Crippen molar-refractivity contribution in [3.05, 3.63) is 92.4 Å². The normalized spacial score (nSPS) is 10.8. The molecule has 0 heterocycles. The molecule has 0 aliphatic heterocycles. The van der Waals surface area contributed by atoms with Gasteiger partial charge in [-0.2, -0.15) is 5.10 Å². The van der Waals surface area contributed by atoms with Gasteiger partial charge in [-0.05, 0) is 75.9 Å². The van der Waals surface area contributed by atoms with Gasteiger partial charge in [-0.25, -0.2) is 5.43 Å². The van der Waals surface area contributed by atoms with Crippen molar-refractivity contribution in [2.24, 2.45) is 5.10 Å². The molecule has 0 bridgehead atoms. The van der Waals surface area contributed by atoms with Crippen molar-refractivity contribution in [2.75, 3.05) is 6.61 Å². The van der Waals surface area contributed by atoms with E-state index in [9.17, 15) is 4.79 Å². The van der Waals surface area contributed by atoms with Crippen LogP contribution in [0.5, 0.6) is 11.5 Å². The fraction of sp³-hybridized carbons (Fsp3) is 0.130. The number of benzene rings is 3. The highest BCUT2D eigenvalue weighted by molar-refractivity contribution is 9.11. The third kappa shape index (κ3) is 6.71. The van der Waals surface area contributed by atoms with Gasteiger partial charge < -0.3 is 9.47 Å². The number of halogens is 2. The fourth-order valence-electron chi connectivity index (χ4n) is 2.61. The Bertz CT molecular complexity index is 999. The number of rotatable bonds is 8. The van der Waals surface area contributed by atoms with Gasteiger partial charge in [-0.1, -0.05) is 46.3 Å². The molecule has 1 N–H and O–H groups in total. The van der Waals surface area contributed by atoms with Crippen molar-refractivity contribution in [2.45, 2.75) is 13.5 Å². The van der Waals surface area contributed by atoms with Crippen LogP contribution >= 0.6 is 31.9 Å². The zero-order valence-corrected chi connectivity index (χ0v) is 19.4. The molecule has 5 nitrogen and oxygen atoms in total. The maximum atomic E-state index is 12.0. The molecular weight excluding hydrogens is 512 g/mol. The summed E-state index contributed by atoms with van der Waals surface area (Å²) in [6, 6.07) is 21.2. The zero-order valence-electron chi connectivity index (χ0n) is 16.3. The highest BCUT2D eigenvalue weighted by Gasteiger charge is 2.09. The molecule has 3 rings (SSSR count). The van der Waals surface area contributed by atoms with Crippen LogP contribution in [0.4, 0.5) is 0 Å². The summed E-state index contributed by atoms with van der Waals surface area (Å²) in [6.07, 6.45) is 1.57. The lowest BCUT2D eigenvalue weighted by atomic mass is 10.2. The van der Waals surface area contributed by atoms with Crippen molar-refractivity contribution in [1.82, 2.24) is 5.43 Å². The molecule has 0 atom stereocenters. The number of nitrogens with zero attached hydrogens (tertiary/aromatic N) is 1. The Kier molecular flexibility index (Phi) is 8.04. The molecule has 0 aromatic heterocycles. The number of amides is 1. The average molecular weight is 532 g/mol. The molecule has 1 amide bonds. The highest BCUT2D eigenvalue weighted by atomic mass is 79.9. The minimum Gasteiger partial charge on any atom is -0.489 e. The quantitative estimate of drug-likeness (QED) is 0.303. The van der Waals surface area contributed by atoms with Gasteiger partial charge in [0.1, 0.15) is 18.1 Å². The summed E-state index contributed by atoms with van der Waals surface area (Å²) < 4.78 is 13.1. The monoisotopic (exact) mass is 530 g/mol. The lowest BCUT2D eigenvalue weighted by Crippen LogP contribution is -2.24. The van der Waals surface area contributed by atoms with Gasteiger partial charge in [0.05, 0.1) is 10.7 Å². The van der Waals surface area contributed by atoms with Crippen molar-refractivity contribution < 1.29 is 14.3 Å². The van der Waals surface area contributed by atoms with Crippen LogP contribution in [0.15, 0.2) is 80.8 Å². The largest absolute Gasteiger partial charge is 0.489 e. The van der Waals surface area contributed by atoms with Crippen LogP contribution in [0.25, 0.3) is 0 Å². The first-order valence-electron chi connectivity index (χ1n) is 9.18. The van der Waals surface area contributed by atoms with Crippen molar-refractivity contribution >= 4 is 44.0 Å². The summed E-state index contributed by atoms with van der Waals surface area (Å²) in [5.41, 5.74) is 5.33. The number of hydrogen-bond acceptors (Lipinski definition) is 4. The SMILES string of the molecule is Cc1cc(Br)cc(Br)c1OCC(=O)NN=Cc1ccc(OCc2ccccc2)cc1. The van der Waals surface area contributed by atoms with Gasteiger partial charge in [-0.3, -0.25) is 4.79 Å². The molecule has 3 aromatic carbocycles. The first-order valence-corrected chi connectivity index (χ1v) is 10.8. The number of hydrogen-bond donors (Lipinski definition) is 1. The number of ether oxygens (including phenoxy) is 2. The Balaban J connectivity index is 1.45.